The molecule has 2 aromatic rings. The van der Waals surface area contributed by atoms with E-state index in [0.717, 1.165) is 18.5 Å². The lowest BCUT2D eigenvalue weighted by atomic mass is 9.87. The maximum absolute atomic E-state index is 4.53. The summed E-state index contributed by atoms with van der Waals surface area (Å²) in [6, 6.07) is 9.78. The lowest BCUT2D eigenvalue weighted by Crippen LogP contribution is -2.51. The molecule has 0 radical (unpaired) electrons. The Hall–Kier alpha value is -1.65. The van der Waals surface area contributed by atoms with Crippen LogP contribution in [0.4, 0.5) is 0 Å². The second-order valence-corrected chi connectivity index (χ2v) is 8.43. The van der Waals surface area contributed by atoms with Crippen molar-refractivity contribution in [3.8, 4) is 0 Å². The summed E-state index contributed by atoms with van der Waals surface area (Å²) in [5, 5.41) is 4.53. The highest BCUT2D eigenvalue weighted by molar-refractivity contribution is 5.30. The molecule has 0 spiro atoms. The number of benzene rings is 1. The standard InChI is InChI=1S/C22H30N4/c1-24-22(18-6-7-18)20(15-23-24)16-25-10-12-26(13-11-25)21-9-8-17-4-2-3-5-19(17)14-21/h2-5,15,18,21H,6-14,16H2,1H3/t21-/m1/s1. The maximum atomic E-state index is 4.53. The van der Waals surface area contributed by atoms with E-state index in [2.05, 4.69) is 57.1 Å². The Kier molecular flexibility index (Phi) is 4.33. The van der Waals surface area contributed by atoms with Crippen LogP contribution >= 0.6 is 0 Å². The van der Waals surface area contributed by atoms with Crippen LogP contribution in [-0.2, 0) is 26.4 Å². The molecule has 1 atom stereocenters. The van der Waals surface area contributed by atoms with E-state index in [1.807, 2.05) is 0 Å². The molecule has 4 nitrogen and oxygen atoms in total. The molecule has 0 unspecified atom stereocenters. The molecule has 1 aromatic heterocycles. The molecule has 0 amide bonds. The Balaban J connectivity index is 1.18. The second-order valence-electron chi connectivity index (χ2n) is 8.43. The van der Waals surface area contributed by atoms with Crippen LogP contribution in [0.5, 0.6) is 0 Å². The van der Waals surface area contributed by atoms with Crippen molar-refractivity contribution in [2.24, 2.45) is 7.05 Å². The van der Waals surface area contributed by atoms with E-state index in [-0.39, 0.29) is 0 Å². The first kappa shape index (κ1) is 16.5. The third-order valence-electron chi connectivity index (χ3n) is 6.67. The molecule has 0 N–H and O–H groups in total. The predicted molar refractivity (Wildman–Crippen MR) is 104 cm³/mol. The van der Waals surface area contributed by atoms with E-state index in [4.69, 9.17) is 0 Å². The predicted octanol–water partition coefficient (Wildman–Crippen LogP) is 2.97. The SMILES string of the molecule is Cn1ncc(CN2CCN([C@@H]3CCc4ccccc4C3)CC2)c1C1CC1. The van der Waals surface area contributed by atoms with E-state index in [1.54, 1.807) is 11.1 Å². The number of rotatable bonds is 4. The summed E-state index contributed by atoms with van der Waals surface area (Å²) in [5.74, 6) is 0.779. The molecule has 138 valence electrons. The molecular formula is C22H30N4. The Bertz CT molecular complexity index is 768. The molecular weight excluding hydrogens is 320 g/mol. The summed E-state index contributed by atoms with van der Waals surface area (Å²) < 4.78 is 2.11. The Morgan fingerprint density at radius 1 is 1.00 bits per heavy atom. The van der Waals surface area contributed by atoms with Gasteiger partial charge < -0.3 is 0 Å². The van der Waals surface area contributed by atoms with Crippen molar-refractivity contribution in [3.05, 3.63) is 52.8 Å². The van der Waals surface area contributed by atoms with Crippen LogP contribution in [0.25, 0.3) is 0 Å². The van der Waals surface area contributed by atoms with E-state index in [1.165, 1.54) is 69.5 Å². The van der Waals surface area contributed by atoms with Crippen LogP contribution in [0, 0.1) is 0 Å². The van der Waals surface area contributed by atoms with Gasteiger partial charge in [0.05, 0.1) is 6.20 Å². The number of aromatic nitrogens is 2. The topological polar surface area (TPSA) is 24.3 Å². The third-order valence-corrected chi connectivity index (χ3v) is 6.67. The summed E-state index contributed by atoms with van der Waals surface area (Å²) in [7, 11) is 2.11. The van der Waals surface area contributed by atoms with E-state index in [0.29, 0.717) is 0 Å². The van der Waals surface area contributed by atoms with Crippen LogP contribution in [0.1, 0.15) is 47.6 Å². The van der Waals surface area contributed by atoms with Crippen LogP contribution in [-0.4, -0.2) is 51.8 Å². The van der Waals surface area contributed by atoms with Crippen LogP contribution < -0.4 is 0 Å². The maximum Gasteiger partial charge on any atom is 0.0537 e. The second kappa shape index (κ2) is 6.82. The minimum absolute atomic E-state index is 0.743. The van der Waals surface area contributed by atoms with Gasteiger partial charge in [-0.3, -0.25) is 14.5 Å². The summed E-state index contributed by atoms with van der Waals surface area (Å²) >= 11 is 0. The van der Waals surface area contributed by atoms with Gasteiger partial charge in [-0.2, -0.15) is 5.10 Å². The van der Waals surface area contributed by atoms with Crippen molar-refractivity contribution in [1.29, 1.82) is 0 Å². The number of fused-ring (bicyclic) bond motifs is 1. The zero-order valence-corrected chi connectivity index (χ0v) is 15.9. The summed E-state index contributed by atoms with van der Waals surface area (Å²) in [5.41, 5.74) is 6.12. The van der Waals surface area contributed by atoms with Gasteiger partial charge >= 0.3 is 0 Å². The Labute approximate surface area is 156 Å². The first-order valence-corrected chi connectivity index (χ1v) is 10.3. The number of hydrogen-bond acceptors (Lipinski definition) is 3. The van der Waals surface area contributed by atoms with E-state index >= 15 is 0 Å². The first-order valence-electron chi connectivity index (χ1n) is 10.3. The van der Waals surface area contributed by atoms with Crippen molar-refractivity contribution in [2.75, 3.05) is 26.2 Å². The first-order chi connectivity index (χ1) is 12.8. The molecule has 2 heterocycles. The highest BCUT2D eigenvalue weighted by Crippen LogP contribution is 2.41. The fourth-order valence-electron chi connectivity index (χ4n) is 5.02. The molecule has 4 heteroatoms. The number of piperazine rings is 1. The van der Waals surface area contributed by atoms with Crippen molar-refractivity contribution < 1.29 is 0 Å². The highest BCUT2D eigenvalue weighted by atomic mass is 15.3. The Morgan fingerprint density at radius 3 is 2.54 bits per heavy atom. The fourth-order valence-corrected chi connectivity index (χ4v) is 5.02. The van der Waals surface area contributed by atoms with Gasteiger partial charge in [0.15, 0.2) is 0 Å². The highest BCUT2D eigenvalue weighted by Gasteiger charge is 2.31. The van der Waals surface area contributed by atoms with Gasteiger partial charge in [-0.1, -0.05) is 24.3 Å². The lowest BCUT2D eigenvalue weighted by molar-refractivity contribution is 0.0855. The van der Waals surface area contributed by atoms with Gasteiger partial charge in [0, 0.05) is 63.0 Å². The summed E-state index contributed by atoms with van der Waals surface area (Å²) in [6.45, 7) is 5.90. The smallest absolute Gasteiger partial charge is 0.0537 e. The summed E-state index contributed by atoms with van der Waals surface area (Å²) in [6.07, 6.45) is 8.63. The molecule has 1 saturated carbocycles. The minimum atomic E-state index is 0.743. The van der Waals surface area contributed by atoms with Crippen molar-refractivity contribution >= 4 is 0 Å². The molecule has 2 fully saturated rings. The molecule has 0 bridgehead atoms. The van der Waals surface area contributed by atoms with Crippen molar-refractivity contribution in [3.63, 3.8) is 0 Å². The van der Waals surface area contributed by atoms with Gasteiger partial charge in [0.25, 0.3) is 0 Å². The molecule has 26 heavy (non-hydrogen) atoms. The van der Waals surface area contributed by atoms with Gasteiger partial charge in [-0.15, -0.1) is 0 Å². The van der Waals surface area contributed by atoms with Crippen LogP contribution in [0.15, 0.2) is 30.5 Å². The van der Waals surface area contributed by atoms with Gasteiger partial charge in [0.1, 0.15) is 0 Å². The number of nitrogens with zero attached hydrogens (tertiary/aromatic N) is 4. The quantitative estimate of drug-likeness (QED) is 0.847. The van der Waals surface area contributed by atoms with E-state index < -0.39 is 0 Å². The minimum Gasteiger partial charge on any atom is -0.298 e. The average molecular weight is 351 g/mol. The van der Waals surface area contributed by atoms with E-state index in [9.17, 15) is 0 Å². The monoisotopic (exact) mass is 350 g/mol. The van der Waals surface area contributed by atoms with Crippen molar-refractivity contribution in [2.45, 2.75) is 50.6 Å². The molecule has 1 saturated heterocycles. The van der Waals surface area contributed by atoms with Gasteiger partial charge in [-0.25, -0.2) is 0 Å². The zero-order chi connectivity index (χ0) is 17.5. The zero-order valence-electron chi connectivity index (χ0n) is 15.9. The van der Waals surface area contributed by atoms with Crippen molar-refractivity contribution in [1.82, 2.24) is 19.6 Å². The van der Waals surface area contributed by atoms with Crippen LogP contribution in [0.3, 0.4) is 0 Å². The number of hydrogen-bond donors (Lipinski definition) is 0. The molecule has 2 aliphatic carbocycles. The van der Waals surface area contributed by atoms with Gasteiger partial charge in [-0.05, 0) is 43.2 Å². The van der Waals surface area contributed by atoms with Gasteiger partial charge in [0.2, 0.25) is 0 Å². The normalized spacial score (nSPS) is 24.6. The molecule has 1 aromatic carbocycles. The third kappa shape index (κ3) is 3.21. The lowest BCUT2D eigenvalue weighted by Gasteiger charge is -2.41. The largest absolute Gasteiger partial charge is 0.298 e. The van der Waals surface area contributed by atoms with Crippen LogP contribution in [0.2, 0.25) is 0 Å². The summed E-state index contributed by atoms with van der Waals surface area (Å²) in [4.78, 5) is 5.38. The number of aryl methyl sites for hydroxylation is 2. The molecule has 5 rings (SSSR count). The molecule has 1 aliphatic heterocycles. The molecule has 3 aliphatic rings. The fraction of sp³-hybridized carbons (Fsp3) is 0.591. The average Bonchev–Trinajstić information content (AvgIpc) is 3.45. The Morgan fingerprint density at radius 2 is 1.77 bits per heavy atom.